The van der Waals surface area contributed by atoms with Crippen molar-refractivity contribution < 1.29 is 4.79 Å². The standard InChI is InChI=1S/C20H20N2O/c1-15(18-10-4-8-17-7-2-3-9-19(17)18)22-20(23)12-11-16-6-5-13-21-14-16/h2-10,13-15H,11-12H2,1H3,(H,22,23). The molecule has 1 N–H and O–H groups in total. The van der Waals surface area contributed by atoms with Crippen LogP contribution in [-0.2, 0) is 11.2 Å². The molecule has 3 aromatic rings. The van der Waals surface area contributed by atoms with Crippen molar-refractivity contribution in [2.24, 2.45) is 0 Å². The first-order valence-corrected chi connectivity index (χ1v) is 7.90. The summed E-state index contributed by atoms with van der Waals surface area (Å²) in [5.41, 5.74) is 2.23. The molecular weight excluding hydrogens is 284 g/mol. The quantitative estimate of drug-likeness (QED) is 0.773. The number of fused-ring (bicyclic) bond motifs is 1. The first kappa shape index (κ1) is 15.2. The van der Waals surface area contributed by atoms with Gasteiger partial charge in [-0.3, -0.25) is 9.78 Å². The molecule has 1 amide bonds. The number of aryl methyl sites for hydroxylation is 1. The third-order valence-electron chi connectivity index (χ3n) is 4.03. The maximum Gasteiger partial charge on any atom is 0.220 e. The minimum Gasteiger partial charge on any atom is -0.350 e. The highest BCUT2D eigenvalue weighted by atomic mass is 16.1. The average molecular weight is 304 g/mol. The van der Waals surface area contributed by atoms with Gasteiger partial charge in [-0.2, -0.15) is 0 Å². The molecule has 0 saturated carbocycles. The van der Waals surface area contributed by atoms with Gasteiger partial charge in [0.1, 0.15) is 0 Å². The summed E-state index contributed by atoms with van der Waals surface area (Å²) >= 11 is 0. The number of carbonyl (C=O) groups excluding carboxylic acids is 1. The molecule has 0 aliphatic heterocycles. The summed E-state index contributed by atoms with van der Waals surface area (Å²) in [7, 11) is 0. The Labute approximate surface area is 136 Å². The molecule has 0 spiro atoms. The van der Waals surface area contributed by atoms with Crippen LogP contribution in [0.3, 0.4) is 0 Å². The molecule has 23 heavy (non-hydrogen) atoms. The molecule has 3 rings (SSSR count). The van der Waals surface area contributed by atoms with Gasteiger partial charge in [-0.05, 0) is 41.3 Å². The van der Waals surface area contributed by atoms with Gasteiger partial charge in [-0.1, -0.05) is 48.5 Å². The van der Waals surface area contributed by atoms with Crippen LogP contribution in [0.4, 0.5) is 0 Å². The molecule has 0 aliphatic rings. The summed E-state index contributed by atoms with van der Waals surface area (Å²) in [6, 6.07) is 18.3. The molecule has 2 aromatic carbocycles. The Morgan fingerprint density at radius 3 is 2.74 bits per heavy atom. The summed E-state index contributed by atoms with van der Waals surface area (Å²) in [5.74, 6) is 0.0642. The lowest BCUT2D eigenvalue weighted by Crippen LogP contribution is -2.26. The molecule has 0 saturated heterocycles. The van der Waals surface area contributed by atoms with Crippen LogP contribution < -0.4 is 5.32 Å². The molecule has 1 aromatic heterocycles. The van der Waals surface area contributed by atoms with Crippen molar-refractivity contribution >= 4 is 16.7 Å². The van der Waals surface area contributed by atoms with E-state index < -0.39 is 0 Å². The van der Waals surface area contributed by atoms with Crippen LogP contribution in [0, 0.1) is 0 Å². The molecule has 0 bridgehead atoms. The van der Waals surface area contributed by atoms with Crippen molar-refractivity contribution in [1.82, 2.24) is 10.3 Å². The molecule has 0 aliphatic carbocycles. The number of nitrogens with zero attached hydrogens (tertiary/aromatic N) is 1. The second-order valence-corrected chi connectivity index (χ2v) is 5.72. The zero-order valence-electron chi connectivity index (χ0n) is 13.2. The van der Waals surface area contributed by atoms with Gasteiger partial charge >= 0.3 is 0 Å². The Kier molecular flexibility index (Phi) is 4.67. The van der Waals surface area contributed by atoms with Crippen LogP contribution in [0.2, 0.25) is 0 Å². The summed E-state index contributed by atoms with van der Waals surface area (Å²) in [6.45, 7) is 2.03. The number of benzene rings is 2. The minimum atomic E-state index is -0.0116. The van der Waals surface area contributed by atoms with Gasteiger partial charge in [-0.15, -0.1) is 0 Å². The molecule has 1 atom stereocenters. The molecular formula is C20H20N2O. The number of aromatic nitrogens is 1. The SMILES string of the molecule is CC(NC(=O)CCc1cccnc1)c1cccc2ccccc12. The summed E-state index contributed by atoms with van der Waals surface area (Å²) in [5, 5.41) is 5.48. The van der Waals surface area contributed by atoms with Gasteiger partial charge in [0, 0.05) is 18.8 Å². The van der Waals surface area contributed by atoms with E-state index in [0.29, 0.717) is 12.8 Å². The number of amides is 1. The third kappa shape index (κ3) is 3.75. The van der Waals surface area contributed by atoms with Gasteiger partial charge in [0.25, 0.3) is 0 Å². The van der Waals surface area contributed by atoms with E-state index in [1.54, 1.807) is 12.4 Å². The Morgan fingerprint density at radius 1 is 1.09 bits per heavy atom. The minimum absolute atomic E-state index is 0.0116. The van der Waals surface area contributed by atoms with Crippen LogP contribution >= 0.6 is 0 Å². The van der Waals surface area contributed by atoms with Crippen LogP contribution in [0.1, 0.15) is 30.5 Å². The fourth-order valence-electron chi connectivity index (χ4n) is 2.82. The van der Waals surface area contributed by atoms with Crippen LogP contribution in [0.15, 0.2) is 67.0 Å². The maximum atomic E-state index is 12.2. The first-order chi connectivity index (χ1) is 11.2. The van der Waals surface area contributed by atoms with Crippen molar-refractivity contribution in [3.63, 3.8) is 0 Å². The fraction of sp³-hybridized carbons (Fsp3) is 0.200. The summed E-state index contributed by atoms with van der Waals surface area (Å²) in [4.78, 5) is 16.3. The van der Waals surface area contributed by atoms with Crippen LogP contribution in [0.25, 0.3) is 10.8 Å². The Hall–Kier alpha value is -2.68. The highest BCUT2D eigenvalue weighted by Crippen LogP contribution is 2.24. The molecule has 116 valence electrons. The molecule has 3 heteroatoms. The topological polar surface area (TPSA) is 42.0 Å². The second kappa shape index (κ2) is 7.05. The predicted molar refractivity (Wildman–Crippen MR) is 93.1 cm³/mol. The zero-order valence-corrected chi connectivity index (χ0v) is 13.2. The first-order valence-electron chi connectivity index (χ1n) is 7.90. The number of pyridine rings is 1. The van der Waals surface area contributed by atoms with Crippen molar-refractivity contribution in [3.8, 4) is 0 Å². The monoisotopic (exact) mass is 304 g/mol. The van der Waals surface area contributed by atoms with Gasteiger partial charge in [0.05, 0.1) is 6.04 Å². The lowest BCUT2D eigenvalue weighted by atomic mass is 9.99. The third-order valence-corrected chi connectivity index (χ3v) is 4.03. The van der Waals surface area contributed by atoms with E-state index in [1.165, 1.54) is 10.8 Å². The van der Waals surface area contributed by atoms with Crippen LogP contribution in [-0.4, -0.2) is 10.9 Å². The van der Waals surface area contributed by atoms with E-state index in [1.807, 2.05) is 37.3 Å². The number of hydrogen-bond donors (Lipinski definition) is 1. The molecule has 1 heterocycles. The summed E-state index contributed by atoms with van der Waals surface area (Å²) in [6.07, 6.45) is 4.73. The average Bonchev–Trinajstić information content (AvgIpc) is 2.60. The van der Waals surface area contributed by atoms with Gasteiger partial charge < -0.3 is 5.32 Å². The van der Waals surface area contributed by atoms with E-state index in [2.05, 4.69) is 34.6 Å². The number of carbonyl (C=O) groups is 1. The van der Waals surface area contributed by atoms with Crippen molar-refractivity contribution in [3.05, 3.63) is 78.1 Å². The zero-order chi connectivity index (χ0) is 16.1. The van der Waals surface area contributed by atoms with Crippen molar-refractivity contribution in [2.75, 3.05) is 0 Å². The van der Waals surface area contributed by atoms with Crippen molar-refractivity contribution in [2.45, 2.75) is 25.8 Å². The smallest absolute Gasteiger partial charge is 0.220 e. The van der Waals surface area contributed by atoms with Gasteiger partial charge in [0.2, 0.25) is 5.91 Å². The van der Waals surface area contributed by atoms with E-state index in [9.17, 15) is 4.79 Å². The Balaban J connectivity index is 1.66. The van der Waals surface area contributed by atoms with E-state index >= 15 is 0 Å². The molecule has 3 nitrogen and oxygen atoms in total. The molecule has 1 unspecified atom stereocenters. The lowest BCUT2D eigenvalue weighted by molar-refractivity contribution is -0.121. The fourth-order valence-corrected chi connectivity index (χ4v) is 2.82. The summed E-state index contributed by atoms with van der Waals surface area (Å²) < 4.78 is 0. The number of nitrogens with one attached hydrogen (secondary N) is 1. The normalized spacial score (nSPS) is 12.0. The Morgan fingerprint density at radius 2 is 1.91 bits per heavy atom. The van der Waals surface area contributed by atoms with E-state index in [0.717, 1.165) is 11.1 Å². The Bertz CT molecular complexity index is 794. The van der Waals surface area contributed by atoms with E-state index in [4.69, 9.17) is 0 Å². The maximum absolute atomic E-state index is 12.2. The predicted octanol–water partition coefficient (Wildman–Crippen LogP) is 4.04. The largest absolute Gasteiger partial charge is 0.350 e. The highest BCUT2D eigenvalue weighted by Gasteiger charge is 2.12. The number of hydrogen-bond acceptors (Lipinski definition) is 2. The molecule has 0 fully saturated rings. The van der Waals surface area contributed by atoms with E-state index in [-0.39, 0.29) is 11.9 Å². The second-order valence-electron chi connectivity index (χ2n) is 5.72. The van der Waals surface area contributed by atoms with Crippen LogP contribution in [0.5, 0.6) is 0 Å². The van der Waals surface area contributed by atoms with Gasteiger partial charge in [-0.25, -0.2) is 0 Å². The van der Waals surface area contributed by atoms with Gasteiger partial charge in [0.15, 0.2) is 0 Å². The lowest BCUT2D eigenvalue weighted by Gasteiger charge is -2.16. The number of rotatable bonds is 5. The van der Waals surface area contributed by atoms with Crippen molar-refractivity contribution in [1.29, 1.82) is 0 Å². The molecule has 0 radical (unpaired) electrons. The highest BCUT2D eigenvalue weighted by molar-refractivity contribution is 5.86.